The first kappa shape index (κ1) is 21.8. The number of halogens is 2. The second-order valence-electron chi connectivity index (χ2n) is 7.52. The Bertz CT molecular complexity index is 1410. The molecule has 5 rings (SSSR count). The van der Waals surface area contributed by atoms with Crippen LogP contribution in [0.1, 0.15) is 36.6 Å². The van der Waals surface area contributed by atoms with Crippen molar-refractivity contribution in [3.8, 4) is 11.4 Å². The Kier molecular flexibility index (Phi) is 5.61. The number of H-pyrrole nitrogens is 1. The van der Waals surface area contributed by atoms with Gasteiger partial charge in [0.15, 0.2) is 5.82 Å². The predicted octanol–water partition coefficient (Wildman–Crippen LogP) is 4.83. The van der Waals surface area contributed by atoms with E-state index in [2.05, 4.69) is 20.5 Å². The molecular formula is C24H15Cl2N5O3. The molecule has 168 valence electrons. The lowest BCUT2D eigenvalue weighted by molar-refractivity contribution is 0.0642. The fraction of sp³-hybridized carbons (Fsp3) is 0.0417. The molecule has 1 aliphatic heterocycles. The average molecular weight is 492 g/mol. The van der Waals surface area contributed by atoms with Crippen molar-refractivity contribution in [3.63, 3.8) is 0 Å². The maximum atomic E-state index is 12.6. The minimum Gasteiger partial charge on any atom is -0.289 e. The van der Waals surface area contributed by atoms with Crippen LogP contribution in [0.2, 0.25) is 10.0 Å². The molecule has 0 aliphatic carbocycles. The number of carbonyl (C=O) groups excluding carboxylic acids is 3. The molecule has 3 amide bonds. The third kappa shape index (κ3) is 4.05. The molecule has 0 saturated carbocycles. The van der Waals surface area contributed by atoms with Gasteiger partial charge in [0.05, 0.1) is 22.7 Å². The maximum Gasteiger partial charge on any atom is 0.261 e. The van der Waals surface area contributed by atoms with Crippen LogP contribution in [0.25, 0.3) is 11.4 Å². The van der Waals surface area contributed by atoms with Crippen molar-refractivity contribution in [2.24, 2.45) is 0 Å². The summed E-state index contributed by atoms with van der Waals surface area (Å²) in [5, 5.41) is 10.3. The van der Waals surface area contributed by atoms with Gasteiger partial charge in [-0.15, -0.1) is 5.10 Å². The second-order valence-corrected chi connectivity index (χ2v) is 8.37. The van der Waals surface area contributed by atoms with Gasteiger partial charge in [0, 0.05) is 16.1 Å². The summed E-state index contributed by atoms with van der Waals surface area (Å²) in [5.74, 6) is -0.648. The molecule has 0 atom stereocenters. The van der Waals surface area contributed by atoms with Crippen LogP contribution >= 0.6 is 23.2 Å². The van der Waals surface area contributed by atoms with Gasteiger partial charge in [-0.2, -0.15) is 4.98 Å². The Morgan fingerprint density at radius 1 is 0.912 bits per heavy atom. The normalized spacial score (nSPS) is 12.7. The predicted molar refractivity (Wildman–Crippen MR) is 127 cm³/mol. The van der Waals surface area contributed by atoms with Crippen molar-refractivity contribution in [2.45, 2.75) is 6.54 Å². The van der Waals surface area contributed by atoms with E-state index >= 15 is 0 Å². The summed E-state index contributed by atoms with van der Waals surface area (Å²) < 4.78 is 0. The highest BCUT2D eigenvalue weighted by Crippen LogP contribution is 2.29. The first-order valence-corrected chi connectivity index (χ1v) is 10.9. The number of nitrogens with one attached hydrogen (secondary N) is 2. The standard InChI is InChI=1S/C24H15Cl2N5O3/c25-15-9-10-19(26)18(11-15)20-27-24(30-29-20)28-21(32)14-7-5-13(6-8-14)12-31-22(33)16-3-1-2-4-17(16)23(31)34/h1-11H,12H2,(H2,27,28,29,30,32). The molecule has 0 spiro atoms. The molecule has 4 aromatic rings. The number of fused-ring (bicyclic) bond motifs is 1. The second kappa shape index (κ2) is 8.74. The quantitative estimate of drug-likeness (QED) is 0.388. The highest BCUT2D eigenvalue weighted by atomic mass is 35.5. The first-order valence-electron chi connectivity index (χ1n) is 10.1. The van der Waals surface area contributed by atoms with E-state index in [0.717, 1.165) is 0 Å². The number of carbonyl (C=O) groups is 3. The number of amides is 3. The average Bonchev–Trinajstić information content (AvgIpc) is 3.40. The van der Waals surface area contributed by atoms with Crippen LogP contribution in [0, 0.1) is 0 Å². The number of aromatic amines is 1. The molecule has 34 heavy (non-hydrogen) atoms. The van der Waals surface area contributed by atoms with Crippen molar-refractivity contribution >= 4 is 46.9 Å². The van der Waals surface area contributed by atoms with Crippen LogP contribution in [-0.4, -0.2) is 37.8 Å². The topological polar surface area (TPSA) is 108 Å². The van der Waals surface area contributed by atoms with Crippen molar-refractivity contribution in [2.75, 3.05) is 5.32 Å². The Balaban J connectivity index is 1.26. The van der Waals surface area contributed by atoms with Crippen LogP contribution in [0.4, 0.5) is 5.95 Å². The van der Waals surface area contributed by atoms with Gasteiger partial charge in [0.2, 0.25) is 5.95 Å². The first-order chi connectivity index (χ1) is 16.4. The van der Waals surface area contributed by atoms with Crippen molar-refractivity contribution in [1.82, 2.24) is 20.1 Å². The van der Waals surface area contributed by atoms with E-state index in [-0.39, 0.29) is 24.3 Å². The van der Waals surface area contributed by atoms with Gasteiger partial charge >= 0.3 is 0 Å². The van der Waals surface area contributed by atoms with E-state index in [9.17, 15) is 14.4 Å². The Morgan fingerprint density at radius 3 is 2.26 bits per heavy atom. The van der Waals surface area contributed by atoms with Gasteiger partial charge in [-0.25, -0.2) is 0 Å². The zero-order valence-electron chi connectivity index (χ0n) is 17.4. The Hall–Kier alpha value is -4.01. The largest absolute Gasteiger partial charge is 0.289 e. The highest BCUT2D eigenvalue weighted by Gasteiger charge is 2.34. The number of hydrogen-bond donors (Lipinski definition) is 2. The van der Waals surface area contributed by atoms with Gasteiger partial charge < -0.3 is 0 Å². The number of aromatic nitrogens is 3. The van der Waals surface area contributed by atoms with Gasteiger partial charge in [-0.05, 0) is 48.0 Å². The zero-order chi connectivity index (χ0) is 23.8. The maximum absolute atomic E-state index is 12.6. The molecule has 1 aliphatic rings. The van der Waals surface area contributed by atoms with Crippen molar-refractivity contribution in [1.29, 1.82) is 0 Å². The van der Waals surface area contributed by atoms with Gasteiger partial charge in [0.25, 0.3) is 17.7 Å². The van der Waals surface area contributed by atoms with E-state index in [1.54, 1.807) is 66.7 Å². The van der Waals surface area contributed by atoms with Crippen LogP contribution in [0.5, 0.6) is 0 Å². The van der Waals surface area contributed by atoms with Crippen LogP contribution < -0.4 is 5.32 Å². The number of benzene rings is 3. The van der Waals surface area contributed by atoms with E-state index in [1.165, 1.54) is 4.90 Å². The van der Waals surface area contributed by atoms with Crippen molar-refractivity contribution in [3.05, 3.63) is 99.0 Å². The van der Waals surface area contributed by atoms with Gasteiger partial charge in [0.1, 0.15) is 0 Å². The molecule has 2 heterocycles. The summed E-state index contributed by atoms with van der Waals surface area (Å²) in [6.45, 7) is 0.110. The molecule has 8 nitrogen and oxygen atoms in total. The summed E-state index contributed by atoms with van der Waals surface area (Å²) in [6, 6.07) is 18.2. The highest BCUT2D eigenvalue weighted by molar-refractivity contribution is 6.35. The van der Waals surface area contributed by atoms with E-state index in [0.29, 0.717) is 43.7 Å². The molecule has 0 fully saturated rings. The fourth-order valence-corrected chi connectivity index (χ4v) is 4.00. The summed E-state index contributed by atoms with van der Waals surface area (Å²) in [6.07, 6.45) is 0. The zero-order valence-corrected chi connectivity index (χ0v) is 18.9. The van der Waals surface area contributed by atoms with Crippen LogP contribution in [0.3, 0.4) is 0 Å². The number of rotatable bonds is 5. The number of anilines is 1. The summed E-state index contributed by atoms with van der Waals surface area (Å²) in [4.78, 5) is 43.1. The lowest BCUT2D eigenvalue weighted by Gasteiger charge is -2.14. The fourth-order valence-electron chi connectivity index (χ4n) is 3.62. The lowest BCUT2D eigenvalue weighted by Crippen LogP contribution is -2.29. The third-order valence-electron chi connectivity index (χ3n) is 5.33. The monoisotopic (exact) mass is 491 g/mol. The Morgan fingerprint density at radius 2 is 1.59 bits per heavy atom. The molecule has 1 aromatic heterocycles. The van der Waals surface area contributed by atoms with Crippen LogP contribution in [0.15, 0.2) is 66.7 Å². The minimum absolute atomic E-state index is 0.0751. The van der Waals surface area contributed by atoms with Gasteiger partial charge in [-0.3, -0.25) is 29.7 Å². The molecular weight excluding hydrogens is 477 g/mol. The number of hydrogen-bond acceptors (Lipinski definition) is 5. The third-order valence-corrected chi connectivity index (χ3v) is 5.89. The summed E-state index contributed by atoms with van der Waals surface area (Å²) in [7, 11) is 0. The van der Waals surface area contributed by atoms with Gasteiger partial charge in [-0.1, -0.05) is 47.5 Å². The number of nitrogens with zero attached hydrogens (tertiary/aromatic N) is 3. The molecule has 2 N–H and O–H groups in total. The summed E-state index contributed by atoms with van der Waals surface area (Å²) in [5.41, 5.74) is 2.42. The van der Waals surface area contributed by atoms with E-state index in [1.807, 2.05) is 0 Å². The molecule has 0 saturated heterocycles. The number of imide groups is 1. The van der Waals surface area contributed by atoms with Crippen molar-refractivity contribution < 1.29 is 14.4 Å². The lowest BCUT2D eigenvalue weighted by atomic mass is 10.1. The Labute approximate surface area is 203 Å². The SMILES string of the molecule is O=C(Nc1n[nH]c(-c2cc(Cl)ccc2Cl)n1)c1ccc(CN2C(=O)c3ccccc3C2=O)cc1. The minimum atomic E-state index is -0.421. The molecule has 0 bridgehead atoms. The molecule has 0 unspecified atom stereocenters. The van der Waals surface area contributed by atoms with E-state index in [4.69, 9.17) is 23.2 Å². The van der Waals surface area contributed by atoms with Crippen LogP contribution in [-0.2, 0) is 6.54 Å². The molecule has 3 aromatic carbocycles. The molecule has 10 heteroatoms. The molecule has 0 radical (unpaired) electrons. The van der Waals surface area contributed by atoms with E-state index < -0.39 is 5.91 Å². The summed E-state index contributed by atoms with van der Waals surface area (Å²) >= 11 is 12.2. The smallest absolute Gasteiger partial charge is 0.261 e.